The molecule has 4 nitrogen and oxygen atoms in total. The van der Waals surface area contributed by atoms with Crippen LogP contribution < -0.4 is 5.32 Å². The van der Waals surface area contributed by atoms with E-state index in [1.807, 2.05) is 28.7 Å². The van der Waals surface area contributed by atoms with Crippen molar-refractivity contribution in [1.82, 2.24) is 9.88 Å². The van der Waals surface area contributed by atoms with E-state index >= 15 is 0 Å². The summed E-state index contributed by atoms with van der Waals surface area (Å²) in [7, 11) is 0. The first-order valence-corrected chi connectivity index (χ1v) is 21.1. The van der Waals surface area contributed by atoms with Crippen LogP contribution >= 0.6 is 22.7 Å². The summed E-state index contributed by atoms with van der Waals surface area (Å²) in [6.07, 6.45) is 9.27. The Labute approximate surface area is 337 Å². The van der Waals surface area contributed by atoms with E-state index in [2.05, 4.69) is 180 Å². The first-order valence-electron chi connectivity index (χ1n) is 19.5. The zero-order valence-electron chi connectivity index (χ0n) is 30.8. The number of nitrogens with zero attached hydrogens (tertiary/aromatic N) is 3. The van der Waals surface area contributed by atoms with Gasteiger partial charge in [0.05, 0.1) is 11.0 Å². The van der Waals surface area contributed by atoms with Gasteiger partial charge in [0, 0.05) is 79.4 Å². The molecule has 1 aliphatic carbocycles. The molecule has 1 aliphatic heterocycles. The molecule has 7 aromatic carbocycles. The number of nitrogens with one attached hydrogen (secondary N) is 1. The lowest BCUT2D eigenvalue weighted by molar-refractivity contribution is 0.664. The van der Waals surface area contributed by atoms with E-state index in [0.29, 0.717) is 0 Å². The van der Waals surface area contributed by atoms with Crippen LogP contribution in [-0.2, 0) is 0 Å². The lowest BCUT2D eigenvalue weighted by atomic mass is 9.96. The molecule has 10 aromatic rings. The number of amidine groups is 2. The average molecular weight is 767 g/mol. The Morgan fingerprint density at radius 3 is 2.11 bits per heavy atom. The van der Waals surface area contributed by atoms with Crippen LogP contribution in [0.25, 0.3) is 79.0 Å². The Balaban J connectivity index is 1.03. The molecule has 0 spiro atoms. The van der Waals surface area contributed by atoms with Gasteiger partial charge in [-0.1, -0.05) is 133 Å². The van der Waals surface area contributed by atoms with Crippen molar-refractivity contribution in [3.63, 3.8) is 0 Å². The van der Waals surface area contributed by atoms with Crippen molar-refractivity contribution >= 4 is 96.5 Å². The second-order valence-corrected chi connectivity index (χ2v) is 17.0. The summed E-state index contributed by atoms with van der Waals surface area (Å²) in [6, 6.07) is 55.3. The predicted molar refractivity (Wildman–Crippen MR) is 245 cm³/mol. The molecular weight excluding hydrogens is 733 g/mol. The van der Waals surface area contributed by atoms with Crippen LogP contribution in [0.1, 0.15) is 23.7 Å². The van der Waals surface area contributed by atoms with Gasteiger partial charge in [-0.3, -0.25) is 0 Å². The van der Waals surface area contributed by atoms with Crippen LogP contribution in [0, 0.1) is 5.92 Å². The summed E-state index contributed by atoms with van der Waals surface area (Å²) in [5.74, 6) is 1.87. The Bertz CT molecular complexity index is 3320. The van der Waals surface area contributed by atoms with E-state index < -0.39 is 0 Å². The summed E-state index contributed by atoms with van der Waals surface area (Å²) in [5, 5.41) is 11.4. The number of hydrogen-bond donors (Lipinski definition) is 1. The maximum atomic E-state index is 5.34. The Kier molecular flexibility index (Phi) is 7.43. The minimum absolute atomic E-state index is 0.139. The highest BCUT2D eigenvalue weighted by Crippen LogP contribution is 2.47. The minimum atomic E-state index is -0.277. The highest BCUT2D eigenvalue weighted by molar-refractivity contribution is 7.27. The van der Waals surface area contributed by atoms with Crippen LogP contribution in [0.2, 0.25) is 0 Å². The molecule has 0 fully saturated rings. The lowest BCUT2D eigenvalue weighted by Gasteiger charge is -2.26. The van der Waals surface area contributed by atoms with Gasteiger partial charge in [0.15, 0.2) is 0 Å². The largest absolute Gasteiger partial charge is 0.344 e. The molecule has 0 bridgehead atoms. The van der Waals surface area contributed by atoms with Gasteiger partial charge in [-0.15, -0.1) is 22.7 Å². The van der Waals surface area contributed by atoms with Crippen molar-refractivity contribution in [2.75, 3.05) is 0 Å². The maximum absolute atomic E-state index is 5.34. The lowest BCUT2D eigenvalue weighted by Crippen LogP contribution is -2.35. The van der Waals surface area contributed by atoms with Crippen molar-refractivity contribution < 1.29 is 0 Å². The molecule has 2 atom stereocenters. The molecular formula is C51H34N4S2. The van der Waals surface area contributed by atoms with E-state index in [1.165, 1.54) is 84.5 Å². The van der Waals surface area contributed by atoms with Crippen molar-refractivity contribution in [1.29, 1.82) is 0 Å². The van der Waals surface area contributed by atoms with Gasteiger partial charge in [-0.2, -0.15) is 0 Å². The van der Waals surface area contributed by atoms with Gasteiger partial charge in [0.25, 0.3) is 0 Å². The number of benzene rings is 7. The number of para-hydroxylation sites is 2. The molecule has 2 aliphatic rings. The van der Waals surface area contributed by atoms with Crippen LogP contribution in [0.4, 0.5) is 0 Å². The van der Waals surface area contributed by atoms with E-state index in [0.717, 1.165) is 23.7 Å². The first kappa shape index (κ1) is 32.6. The Morgan fingerprint density at radius 2 is 1.30 bits per heavy atom. The van der Waals surface area contributed by atoms with Crippen molar-refractivity contribution in [2.45, 2.75) is 12.6 Å². The summed E-state index contributed by atoms with van der Waals surface area (Å²) in [4.78, 5) is 10.4. The third-order valence-corrected chi connectivity index (χ3v) is 13.9. The maximum Gasteiger partial charge on any atom is 0.148 e. The highest BCUT2D eigenvalue weighted by atomic mass is 32.1. The standard InChI is InChI=1S/C51H34N4S2/c1-3-14-31(15-4-1)49-52-50(32-16-5-2-6-17-32)54-51(53-49)39-23-13-27-45-47(39)38-22-11-21-37(48(38)57-45)36-20-12-26-44-46(36)40-30-33(28-29-43(40)56-44)55-41-24-9-7-18-34(41)35-19-8-10-25-42(35)55/h1-16,18-30,32,51H,17H2,(H,52,53,54). The van der Waals surface area contributed by atoms with Gasteiger partial charge >= 0.3 is 0 Å². The molecule has 4 heterocycles. The van der Waals surface area contributed by atoms with Gasteiger partial charge in [0.1, 0.15) is 17.8 Å². The second kappa shape index (κ2) is 13.0. The summed E-state index contributed by atoms with van der Waals surface area (Å²) in [6.45, 7) is 0. The molecule has 0 radical (unpaired) electrons. The first-order chi connectivity index (χ1) is 28.3. The third-order valence-electron chi connectivity index (χ3n) is 11.6. The van der Waals surface area contributed by atoms with Crippen LogP contribution in [0.5, 0.6) is 0 Å². The smallest absolute Gasteiger partial charge is 0.148 e. The Morgan fingerprint density at radius 1 is 0.579 bits per heavy atom. The van der Waals surface area contributed by atoms with Crippen molar-refractivity contribution in [3.05, 3.63) is 187 Å². The van der Waals surface area contributed by atoms with Gasteiger partial charge < -0.3 is 9.88 Å². The topological polar surface area (TPSA) is 41.7 Å². The molecule has 3 aromatic heterocycles. The zero-order valence-corrected chi connectivity index (χ0v) is 32.4. The van der Waals surface area contributed by atoms with Crippen LogP contribution in [0.3, 0.4) is 0 Å². The fraction of sp³-hybridized carbons (Fsp3) is 0.0588. The molecule has 57 heavy (non-hydrogen) atoms. The number of fused-ring (bicyclic) bond motifs is 9. The van der Waals surface area contributed by atoms with Crippen molar-refractivity contribution in [2.24, 2.45) is 15.9 Å². The predicted octanol–water partition coefficient (Wildman–Crippen LogP) is 13.8. The third kappa shape index (κ3) is 5.18. The molecule has 270 valence electrons. The van der Waals surface area contributed by atoms with E-state index in [4.69, 9.17) is 9.98 Å². The normalized spacial score (nSPS) is 16.9. The molecule has 1 N–H and O–H groups in total. The summed E-state index contributed by atoms with van der Waals surface area (Å²) >= 11 is 3.76. The average Bonchev–Trinajstić information content (AvgIpc) is 3.96. The Hall–Kier alpha value is -6.60. The van der Waals surface area contributed by atoms with Gasteiger partial charge in [0.2, 0.25) is 0 Å². The van der Waals surface area contributed by atoms with Crippen LogP contribution in [-0.4, -0.2) is 16.2 Å². The minimum Gasteiger partial charge on any atom is -0.344 e. The monoisotopic (exact) mass is 766 g/mol. The number of allylic oxidation sites excluding steroid dienone is 3. The SMILES string of the molecule is C1=CCC(C2=NC(c3cccc4sc5c(-c6cccc7sc8ccc(-n9c%10ccccc%10c%10ccccc%109)cc8c67)cccc5c34)NC(c3ccccc3)=N2)C=C1. The number of rotatable bonds is 5. The van der Waals surface area contributed by atoms with E-state index in [-0.39, 0.29) is 12.1 Å². The quantitative estimate of drug-likeness (QED) is 0.186. The zero-order chi connectivity index (χ0) is 37.5. The van der Waals surface area contributed by atoms with Crippen molar-refractivity contribution in [3.8, 4) is 16.8 Å². The molecule has 12 rings (SSSR count). The number of aromatic nitrogens is 1. The molecule has 2 unspecified atom stereocenters. The molecule has 0 saturated heterocycles. The fourth-order valence-electron chi connectivity index (χ4n) is 9.01. The summed E-state index contributed by atoms with van der Waals surface area (Å²) in [5.41, 5.74) is 8.39. The van der Waals surface area contributed by atoms with Crippen LogP contribution in [0.15, 0.2) is 186 Å². The molecule has 0 saturated carbocycles. The second-order valence-electron chi connectivity index (χ2n) is 14.9. The fourth-order valence-corrected chi connectivity index (χ4v) is 11.4. The van der Waals surface area contributed by atoms with Gasteiger partial charge in [-0.25, -0.2) is 9.98 Å². The van der Waals surface area contributed by atoms with E-state index in [9.17, 15) is 0 Å². The summed E-state index contributed by atoms with van der Waals surface area (Å²) < 4.78 is 7.57. The molecule has 6 heteroatoms. The number of thiophene rings is 2. The molecule has 0 amide bonds. The highest BCUT2D eigenvalue weighted by Gasteiger charge is 2.27. The number of aliphatic imine (C=N–C) groups is 2. The number of hydrogen-bond acceptors (Lipinski definition) is 5. The van der Waals surface area contributed by atoms with E-state index in [1.54, 1.807) is 0 Å². The van der Waals surface area contributed by atoms with Gasteiger partial charge in [-0.05, 0) is 54.4 Å².